The molecule has 2 fully saturated rings. The molecule has 3 heterocycles. The highest BCUT2D eigenvalue weighted by Crippen LogP contribution is 2.26. The molecule has 11 heteroatoms. The van der Waals surface area contributed by atoms with Crippen LogP contribution in [-0.2, 0) is 16.0 Å². The lowest BCUT2D eigenvalue weighted by molar-refractivity contribution is -0.131. The van der Waals surface area contributed by atoms with Gasteiger partial charge in [0.2, 0.25) is 11.8 Å². The van der Waals surface area contributed by atoms with E-state index in [-0.39, 0.29) is 43.5 Å². The number of aromatic nitrogens is 1. The maximum Gasteiger partial charge on any atom is 0.410 e. The van der Waals surface area contributed by atoms with Crippen LogP contribution in [0.2, 0.25) is 0 Å². The predicted molar refractivity (Wildman–Crippen MR) is 146 cm³/mol. The highest BCUT2D eigenvalue weighted by Gasteiger charge is 2.29. The van der Waals surface area contributed by atoms with Crippen molar-refractivity contribution in [3.8, 4) is 17.0 Å². The van der Waals surface area contributed by atoms with Gasteiger partial charge in [-0.3, -0.25) is 4.79 Å². The van der Waals surface area contributed by atoms with Crippen LogP contribution in [-0.4, -0.2) is 77.9 Å². The molecule has 2 aromatic rings. The summed E-state index contributed by atoms with van der Waals surface area (Å²) in [6.07, 6.45) is 2.16. The molecule has 2 amide bonds. The number of piperidine rings is 1. The SMILES string of the molecule is CC(C)OC(=O)N1CCC(COc2cc(-c3ccc(CC(N)C(=O)N4CCC(F)C4)c(F)c3)ccn2)CC1.Cl. The van der Waals surface area contributed by atoms with Crippen molar-refractivity contribution in [2.45, 2.75) is 57.8 Å². The van der Waals surface area contributed by atoms with Gasteiger partial charge in [-0.1, -0.05) is 12.1 Å². The molecule has 2 N–H and O–H groups in total. The van der Waals surface area contributed by atoms with Gasteiger partial charge in [-0.25, -0.2) is 18.6 Å². The van der Waals surface area contributed by atoms with Crippen LogP contribution in [0.25, 0.3) is 11.1 Å². The van der Waals surface area contributed by atoms with Crippen LogP contribution in [0.1, 0.15) is 38.7 Å². The second kappa shape index (κ2) is 13.9. The van der Waals surface area contributed by atoms with Crippen molar-refractivity contribution in [1.82, 2.24) is 14.8 Å². The van der Waals surface area contributed by atoms with Crippen LogP contribution in [0.5, 0.6) is 5.88 Å². The van der Waals surface area contributed by atoms with E-state index in [1.807, 2.05) is 13.8 Å². The molecule has 1 aromatic carbocycles. The smallest absolute Gasteiger partial charge is 0.410 e. The molecule has 1 aromatic heterocycles. The number of likely N-dealkylation sites (tertiary alicyclic amines) is 2. The van der Waals surface area contributed by atoms with Crippen LogP contribution in [0.15, 0.2) is 36.5 Å². The normalized spacial score (nSPS) is 18.6. The summed E-state index contributed by atoms with van der Waals surface area (Å²) in [5.41, 5.74) is 7.75. The minimum atomic E-state index is -1.02. The molecule has 2 aliphatic heterocycles. The van der Waals surface area contributed by atoms with Gasteiger partial charge in [0.05, 0.1) is 25.3 Å². The second-order valence-electron chi connectivity index (χ2n) is 10.3. The van der Waals surface area contributed by atoms with Gasteiger partial charge in [0, 0.05) is 31.9 Å². The molecule has 0 saturated carbocycles. The van der Waals surface area contributed by atoms with Crippen molar-refractivity contribution in [2.75, 3.05) is 32.8 Å². The quantitative estimate of drug-likeness (QED) is 0.509. The van der Waals surface area contributed by atoms with E-state index >= 15 is 0 Å². The van der Waals surface area contributed by atoms with Crippen molar-refractivity contribution in [2.24, 2.45) is 11.7 Å². The molecule has 0 aliphatic carbocycles. The number of rotatable bonds is 8. The van der Waals surface area contributed by atoms with Crippen molar-refractivity contribution in [3.63, 3.8) is 0 Å². The zero-order chi connectivity index (χ0) is 27.2. The van der Waals surface area contributed by atoms with Gasteiger partial charge in [0.25, 0.3) is 0 Å². The lowest BCUT2D eigenvalue weighted by Crippen LogP contribution is -2.44. The Hall–Kier alpha value is -2.98. The maximum atomic E-state index is 14.9. The molecule has 39 heavy (non-hydrogen) atoms. The third kappa shape index (κ3) is 8.25. The van der Waals surface area contributed by atoms with Crippen molar-refractivity contribution in [1.29, 1.82) is 0 Å². The van der Waals surface area contributed by atoms with Gasteiger partial charge < -0.3 is 25.0 Å². The Morgan fingerprint density at radius 2 is 1.77 bits per heavy atom. The Kier molecular flexibility index (Phi) is 10.9. The Morgan fingerprint density at radius 3 is 2.41 bits per heavy atom. The third-order valence-electron chi connectivity index (χ3n) is 7.00. The van der Waals surface area contributed by atoms with E-state index in [1.165, 1.54) is 11.0 Å². The topological polar surface area (TPSA) is 98.0 Å². The fourth-order valence-corrected chi connectivity index (χ4v) is 4.80. The third-order valence-corrected chi connectivity index (χ3v) is 7.00. The molecule has 0 radical (unpaired) electrons. The minimum absolute atomic E-state index is 0. The first kappa shape index (κ1) is 30.6. The number of carbonyl (C=O) groups is 2. The lowest BCUT2D eigenvalue weighted by atomic mass is 9.98. The van der Waals surface area contributed by atoms with Crippen molar-refractivity contribution >= 4 is 24.4 Å². The number of benzene rings is 1. The maximum absolute atomic E-state index is 14.9. The zero-order valence-electron chi connectivity index (χ0n) is 22.4. The summed E-state index contributed by atoms with van der Waals surface area (Å²) < 4.78 is 39.5. The van der Waals surface area contributed by atoms with E-state index in [1.54, 1.807) is 35.4 Å². The second-order valence-corrected chi connectivity index (χ2v) is 10.3. The summed E-state index contributed by atoms with van der Waals surface area (Å²) in [5, 5.41) is 0. The molecule has 2 atom stereocenters. The standard InChI is InChI=1S/C28H36F2N4O4.ClH/c1-18(2)38-28(36)33-10-6-19(7-11-33)17-37-26-15-21(5-9-32-26)20-3-4-22(24(30)13-20)14-25(31)27(35)34-12-8-23(29)16-34;/h3-5,9,13,15,18-19,23,25H,6-8,10-12,14,16-17,31H2,1-2H3;1H. The molecule has 2 unspecified atom stereocenters. The monoisotopic (exact) mass is 566 g/mol. The van der Waals surface area contributed by atoms with Crippen LogP contribution in [0.3, 0.4) is 0 Å². The number of halogens is 3. The first-order chi connectivity index (χ1) is 18.2. The Morgan fingerprint density at radius 1 is 1.08 bits per heavy atom. The number of nitrogens with two attached hydrogens (primary N) is 1. The highest BCUT2D eigenvalue weighted by molar-refractivity contribution is 5.85. The Labute approximate surface area is 234 Å². The Balaban J connectivity index is 0.00000420. The van der Waals surface area contributed by atoms with Gasteiger partial charge >= 0.3 is 6.09 Å². The summed E-state index contributed by atoms with van der Waals surface area (Å²) in [7, 11) is 0. The summed E-state index contributed by atoms with van der Waals surface area (Å²) in [4.78, 5) is 31.9. The van der Waals surface area contributed by atoms with Gasteiger partial charge in [-0.05, 0) is 74.3 Å². The fourth-order valence-electron chi connectivity index (χ4n) is 4.80. The summed E-state index contributed by atoms with van der Waals surface area (Å²) in [6.45, 7) is 5.79. The average molecular weight is 567 g/mol. The van der Waals surface area contributed by atoms with E-state index < -0.39 is 18.0 Å². The number of hydrogen-bond donors (Lipinski definition) is 1. The summed E-state index contributed by atoms with van der Waals surface area (Å²) in [5.74, 6) is -0.0788. The molecule has 0 bridgehead atoms. The molecule has 2 aliphatic rings. The Bertz CT molecular complexity index is 1130. The zero-order valence-corrected chi connectivity index (χ0v) is 23.2. The first-order valence-corrected chi connectivity index (χ1v) is 13.2. The number of amides is 2. The molecule has 214 valence electrons. The predicted octanol–water partition coefficient (Wildman–Crippen LogP) is 4.39. The molecule has 0 spiro atoms. The van der Waals surface area contributed by atoms with Crippen LogP contribution in [0, 0.1) is 11.7 Å². The number of pyridine rings is 1. The average Bonchev–Trinajstić information content (AvgIpc) is 3.34. The first-order valence-electron chi connectivity index (χ1n) is 13.2. The molecule has 8 nitrogen and oxygen atoms in total. The minimum Gasteiger partial charge on any atom is -0.477 e. The number of nitrogens with zero attached hydrogens (tertiary/aromatic N) is 3. The van der Waals surface area contributed by atoms with E-state index in [0.717, 1.165) is 18.4 Å². The van der Waals surface area contributed by atoms with Gasteiger partial charge in [-0.2, -0.15) is 0 Å². The van der Waals surface area contributed by atoms with Gasteiger partial charge in [0.1, 0.15) is 12.0 Å². The number of carbonyl (C=O) groups excluding carboxylic acids is 2. The molecule has 4 rings (SSSR count). The molecular formula is C28H37ClF2N4O4. The largest absolute Gasteiger partial charge is 0.477 e. The number of alkyl halides is 1. The fraction of sp³-hybridized carbons (Fsp3) is 0.536. The van der Waals surface area contributed by atoms with Crippen molar-refractivity contribution < 1.29 is 27.8 Å². The van der Waals surface area contributed by atoms with E-state index in [4.69, 9.17) is 15.2 Å². The molecular weight excluding hydrogens is 530 g/mol. The lowest BCUT2D eigenvalue weighted by Gasteiger charge is -2.31. The highest BCUT2D eigenvalue weighted by atomic mass is 35.5. The van der Waals surface area contributed by atoms with Gasteiger partial charge in [-0.15, -0.1) is 12.4 Å². The van der Waals surface area contributed by atoms with E-state index in [2.05, 4.69) is 4.98 Å². The van der Waals surface area contributed by atoms with Crippen LogP contribution < -0.4 is 10.5 Å². The van der Waals surface area contributed by atoms with Crippen molar-refractivity contribution in [3.05, 3.63) is 47.9 Å². The number of hydrogen-bond acceptors (Lipinski definition) is 6. The van der Waals surface area contributed by atoms with Gasteiger partial charge in [0.15, 0.2) is 0 Å². The summed E-state index contributed by atoms with van der Waals surface area (Å²) in [6, 6.07) is 7.42. The van der Waals surface area contributed by atoms with E-state index in [9.17, 15) is 18.4 Å². The summed E-state index contributed by atoms with van der Waals surface area (Å²) >= 11 is 0. The van der Waals surface area contributed by atoms with Crippen LogP contribution in [0.4, 0.5) is 13.6 Å². The van der Waals surface area contributed by atoms with E-state index in [0.29, 0.717) is 55.6 Å². The number of ether oxygens (including phenoxy) is 2. The molecule has 2 saturated heterocycles. The van der Waals surface area contributed by atoms with Crippen LogP contribution >= 0.6 is 12.4 Å².